The quantitative estimate of drug-likeness (QED) is 0.688. The van der Waals surface area contributed by atoms with Gasteiger partial charge in [-0.3, -0.25) is 4.90 Å². The van der Waals surface area contributed by atoms with Crippen LogP contribution < -0.4 is 4.74 Å². The third-order valence-corrected chi connectivity index (χ3v) is 4.51. The van der Waals surface area contributed by atoms with Crippen molar-refractivity contribution in [3.63, 3.8) is 0 Å². The summed E-state index contributed by atoms with van der Waals surface area (Å²) in [5, 5.41) is 0. The Balaban J connectivity index is 1.61. The molecule has 0 unspecified atom stereocenters. The van der Waals surface area contributed by atoms with Gasteiger partial charge in [-0.05, 0) is 37.1 Å². The zero-order chi connectivity index (χ0) is 16.7. The highest BCUT2D eigenvalue weighted by Gasteiger charge is 2.12. The number of piperazine rings is 1. The summed E-state index contributed by atoms with van der Waals surface area (Å²) < 4.78 is 11.6. The molecule has 1 aliphatic heterocycles. The largest absolute Gasteiger partial charge is 0.491 e. The standard InChI is InChI=1S/C19H32N2O2/c1-16(2)18-6-5-17(3)19(15-18)23-14-13-22-12-11-21-9-7-20(4)8-10-21/h5-6,15-16H,7-14H2,1-4H3. The maximum absolute atomic E-state index is 5.89. The number of benzene rings is 1. The van der Waals surface area contributed by atoms with Crippen molar-refractivity contribution in [2.75, 3.05) is 59.6 Å². The van der Waals surface area contributed by atoms with Gasteiger partial charge < -0.3 is 14.4 Å². The second kappa shape index (κ2) is 9.26. The molecular weight excluding hydrogens is 288 g/mol. The van der Waals surface area contributed by atoms with Gasteiger partial charge in [-0.25, -0.2) is 0 Å². The summed E-state index contributed by atoms with van der Waals surface area (Å²) in [6, 6.07) is 6.47. The van der Waals surface area contributed by atoms with Crippen LogP contribution in [0.1, 0.15) is 30.9 Å². The molecule has 0 bridgehead atoms. The van der Waals surface area contributed by atoms with Gasteiger partial charge in [0.25, 0.3) is 0 Å². The summed E-state index contributed by atoms with van der Waals surface area (Å²) in [6.45, 7) is 14.2. The van der Waals surface area contributed by atoms with E-state index in [1.807, 2.05) is 0 Å². The highest BCUT2D eigenvalue weighted by atomic mass is 16.5. The SMILES string of the molecule is Cc1ccc(C(C)C)cc1OCCOCCN1CCN(C)CC1. The zero-order valence-electron chi connectivity index (χ0n) is 15.2. The minimum atomic E-state index is 0.526. The Hall–Kier alpha value is -1.10. The van der Waals surface area contributed by atoms with Gasteiger partial charge in [0.2, 0.25) is 0 Å². The number of ether oxygens (including phenoxy) is 2. The normalized spacial score (nSPS) is 16.9. The molecule has 0 N–H and O–H groups in total. The van der Waals surface area contributed by atoms with Crippen molar-refractivity contribution in [2.24, 2.45) is 0 Å². The van der Waals surface area contributed by atoms with Crippen molar-refractivity contribution >= 4 is 0 Å². The third kappa shape index (κ3) is 6.13. The first-order valence-electron chi connectivity index (χ1n) is 8.78. The molecule has 1 saturated heterocycles. The molecule has 130 valence electrons. The van der Waals surface area contributed by atoms with E-state index >= 15 is 0 Å². The van der Waals surface area contributed by atoms with Crippen molar-refractivity contribution in [1.82, 2.24) is 9.80 Å². The first-order valence-corrected chi connectivity index (χ1v) is 8.78. The average Bonchev–Trinajstić information content (AvgIpc) is 2.53. The second-order valence-corrected chi connectivity index (χ2v) is 6.79. The summed E-state index contributed by atoms with van der Waals surface area (Å²) in [5.41, 5.74) is 2.51. The molecule has 0 saturated carbocycles. The fourth-order valence-electron chi connectivity index (χ4n) is 2.71. The Labute approximate surface area is 141 Å². The van der Waals surface area contributed by atoms with Gasteiger partial charge in [0.15, 0.2) is 0 Å². The van der Waals surface area contributed by atoms with E-state index in [2.05, 4.69) is 55.8 Å². The first-order chi connectivity index (χ1) is 11.1. The Morgan fingerprint density at radius 3 is 2.48 bits per heavy atom. The van der Waals surface area contributed by atoms with Crippen LogP contribution in [0, 0.1) is 6.92 Å². The molecule has 0 atom stereocenters. The van der Waals surface area contributed by atoms with Crippen LogP contribution in [0.5, 0.6) is 5.75 Å². The predicted molar refractivity (Wildman–Crippen MR) is 95.5 cm³/mol. The van der Waals surface area contributed by atoms with Gasteiger partial charge in [-0.2, -0.15) is 0 Å². The molecule has 1 fully saturated rings. The molecule has 2 rings (SSSR count). The van der Waals surface area contributed by atoms with Gasteiger partial charge in [0.05, 0.1) is 13.2 Å². The highest BCUT2D eigenvalue weighted by molar-refractivity contribution is 5.37. The summed E-state index contributed by atoms with van der Waals surface area (Å²) in [4.78, 5) is 4.84. The van der Waals surface area contributed by atoms with Crippen molar-refractivity contribution < 1.29 is 9.47 Å². The van der Waals surface area contributed by atoms with Gasteiger partial charge in [0, 0.05) is 32.7 Å². The predicted octanol–water partition coefficient (Wildman–Crippen LogP) is 2.76. The molecule has 1 aliphatic rings. The highest BCUT2D eigenvalue weighted by Crippen LogP contribution is 2.24. The number of hydrogen-bond acceptors (Lipinski definition) is 4. The lowest BCUT2D eigenvalue weighted by Gasteiger charge is -2.32. The molecular formula is C19H32N2O2. The van der Waals surface area contributed by atoms with Crippen molar-refractivity contribution in [3.8, 4) is 5.75 Å². The maximum atomic E-state index is 5.89. The second-order valence-electron chi connectivity index (χ2n) is 6.79. The average molecular weight is 320 g/mol. The van der Waals surface area contributed by atoms with Crippen LogP contribution in [-0.2, 0) is 4.74 Å². The first kappa shape index (κ1) is 18.2. The fourth-order valence-corrected chi connectivity index (χ4v) is 2.71. The van der Waals surface area contributed by atoms with E-state index < -0.39 is 0 Å². The van der Waals surface area contributed by atoms with Crippen molar-refractivity contribution in [3.05, 3.63) is 29.3 Å². The molecule has 0 amide bonds. The Morgan fingerprint density at radius 2 is 1.78 bits per heavy atom. The van der Waals surface area contributed by atoms with Crippen molar-refractivity contribution in [1.29, 1.82) is 0 Å². The van der Waals surface area contributed by atoms with Gasteiger partial charge >= 0.3 is 0 Å². The van der Waals surface area contributed by atoms with Crippen LogP contribution in [0.25, 0.3) is 0 Å². The molecule has 0 aliphatic carbocycles. The van der Waals surface area contributed by atoms with E-state index in [1.165, 1.54) is 11.1 Å². The lowest BCUT2D eigenvalue weighted by molar-refractivity contribution is 0.0656. The fraction of sp³-hybridized carbons (Fsp3) is 0.684. The minimum Gasteiger partial charge on any atom is -0.491 e. The van der Waals surface area contributed by atoms with Crippen molar-refractivity contribution in [2.45, 2.75) is 26.7 Å². The lowest BCUT2D eigenvalue weighted by Crippen LogP contribution is -2.45. The Bertz CT molecular complexity index is 468. The molecule has 1 aromatic carbocycles. The van der Waals surface area contributed by atoms with Crippen LogP contribution >= 0.6 is 0 Å². The summed E-state index contributed by atoms with van der Waals surface area (Å²) in [7, 11) is 2.18. The molecule has 4 heteroatoms. The summed E-state index contributed by atoms with van der Waals surface area (Å²) >= 11 is 0. The topological polar surface area (TPSA) is 24.9 Å². The molecule has 4 nitrogen and oxygen atoms in total. The van der Waals surface area contributed by atoms with Crippen LogP contribution in [0.4, 0.5) is 0 Å². The van der Waals surface area contributed by atoms with Gasteiger partial charge in [-0.15, -0.1) is 0 Å². The van der Waals surface area contributed by atoms with Crippen LogP contribution in [0.15, 0.2) is 18.2 Å². The smallest absolute Gasteiger partial charge is 0.122 e. The monoisotopic (exact) mass is 320 g/mol. The van der Waals surface area contributed by atoms with Gasteiger partial charge in [-0.1, -0.05) is 26.0 Å². The molecule has 0 aromatic heterocycles. The summed E-state index contributed by atoms with van der Waals surface area (Å²) in [5.74, 6) is 1.51. The van der Waals surface area contributed by atoms with E-state index in [-0.39, 0.29) is 0 Å². The number of nitrogens with zero attached hydrogens (tertiary/aromatic N) is 2. The number of hydrogen-bond donors (Lipinski definition) is 0. The zero-order valence-corrected chi connectivity index (χ0v) is 15.2. The van der Waals surface area contributed by atoms with E-state index in [1.54, 1.807) is 0 Å². The summed E-state index contributed by atoms with van der Waals surface area (Å²) in [6.07, 6.45) is 0. The molecule has 0 radical (unpaired) electrons. The van der Waals surface area contributed by atoms with Crippen LogP contribution in [0.3, 0.4) is 0 Å². The number of rotatable bonds is 8. The van der Waals surface area contributed by atoms with E-state index in [0.717, 1.165) is 45.1 Å². The van der Waals surface area contributed by atoms with E-state index in [0.29, 0.717) is 19.1 Å². The van der Waals surface area contributed by atoms with E-state index in [9.17, 15) is 0 Å². The number of likely N-dealkylation sites (N-methyl/N-ethyl adjacent to an activating group) is 1. The molecule has 1 heterocycles. The Morgan fingerprint density at radius 1 is 1.04 bits per heavy atom. The maximum Gasteiger partial charge on any atom is 0.122 e. The minimum absolute atomic E-state index is 0.526. The lowest BCUT2D eigenvalue weighted by atomic mass is 10.0. The van der Waals surface area contributed by atoms with Gasteiger partial charge in [0.1, 0.15) is 12.4 Å². The number of aryl methyl sites for hydroxylation is 1. The van der Waals surface area contributed by atoms with Crippen LogP contribution in [0.2, 0.25) is 0 Å². The molecule has 0 spiro atoms. The van der Waals surface area contributed by atoms with Crippen LogP contribution in [-0.4, -0.2) is 69.4 Å². The third-order valence-electron chi connectivity index (χ3n) is 4.51. The van der Waals surface area contributed by atoms with E-state index in [4.69, 9.17) is 9.47 Å². The molecule has 1 aromatic rings. The molecule has 23 heavy (non-hydrogen) atoms. The Kier molecular flexibility index (Phi) is 7.34.